The molecule has 0 unspecified atom stereocenters. The molecule has 0 aliphatic rings. The van der Waals surface area contributed by atoms with Gasteiger partial charge in [-0.25, -0.2) is 4.79 Å². The lowest BCUT2D eigenvalue weighted by Crippen LogP contribution is -2.07. The van der Waals surface area contributed by atoms with E-state index in [0.717, 1.165) is 0 Å². The van der Waals surface area contributed by atoms with E-state index >= 15 is 0 Å². The number of nitrogens with one attached hydrogen (secondary N) is 1. The summed E-state index contributed by atoms with van der Waals surface area (Å²) in [6.45, 7) is 2.18. The van der Waals surface area contributed by atoms with Crippen LogP contribution in [0.4, 0.5) is 10.5 Å². The fourth-order valence-electron chi connectivity index (χ4n) is 0.986. The maximum Gasteiger partial charge on any atom is 0.409 e. The molecule has 1 aromatic rings. The number of benzene rings is 1. The van der Waals surface area contributed by atoms with Crippen molar-refractivity contribution < 1.29 is 19.7 Å². The minimum absolute atomic E-state index is 0.0113. The molecule has 0 aromatic heterocycles. The Morgan fingerprint density at radius 3 is 2.86 bits per heavy atom. The third-order valence-electron chi connectivity index (χ3n) is 1.51. The van der Waals surface area contributed by atoms with Gasteiger partial charge in [-0.05, 0) is 19.1 Å². The van der Waals surface area contributed by atoms with E-state index in [1.54, 1.807) is 6.92 Å². The van der Waals surface area contributed by atoms with E-state index < -0.39 is 6.09 Å². The molecule has 3 N–H and O–H groups in total. The van der Waals surface area contributed by atoms with Gasteiger partial charge < -0.3 is 14.9 Å². The molecule has 0 radical (unpaired) electrons. The molecule has 76 valence electrons. The van der Waals surface area contributed by atoms with Crippen LogP contribution in [0.15, 0.2) is 18.2 Å². The second-order valence-corrected chi connectivity index (χ2v) is 2.55. The zero-order chi connectivity index (χ0) is 10.6. The van der Waals surface area contributed by atoms with Crippen molar-refractivity contribution in [2.75, 3.05) is 11.9 Å². The predicted molar refractivity (Wildman–Crippen MR) is 50.9 cm³/mol. The minimum atomic E-state index is -1.15. The summed E-state index contributed by atoms with van der Waals surface area (Å²) < 4.78 is 5.08. The Morgan fingerprint density at radius 1 is 1.57 bits per heavy atom. The second kappa shape index (κ2) is 4.36. The summed E-state index contributed by atoms with van der Waals surface area (Å²) >= 11 is 0. The van der Waals surface area contributed by atoms with E-state index in [4.69, 9.17) is 9.84 Å². The summed E-state index contributed by atoms with van der Waals surface area (Å²) in [5, 5.41) is 19.9. The lowest BCUT2D eigenvalue weighted by Gasteiger charge is -2.07. The number of hydrogen-bond donors (Lipinski definition) is 3. The Hall–Kier alpha value is -1.91. The van der Waals surface area contributed by atoms with Crippen LogP contribution in [0, 0.1) is 0 Å². The van der Waals surface area contributed by atoms with E-state index in [1.165, 1.54) is 18.2 Å². The number of amides is 1. The van der Waals surface area contributed by atoms with E-state index in [0.29, 0.717) is 12.3 Å². The van der Waals surface area contributed by atoms with Crippen molar-refractivity contribution in [2.45, 2.75) is 6.92 Å². The molecule has 0 spiro atoms. The fraction of sp³-hybridized carbons (Fsp3) is 0.222. The monoisotopic (exact) mass is 197 g/mol. The van der Waals surface area contributed by atoms with Gasteiger partial charge in [0.25, 0.3) is 0 Å². The quantitative estimate of drug-likeness (QED) is 0.646. The first-order valence-corrected chi connectivity index (χ1v) is 4.09. The molecule has 0 heterocycles. The van der Waals surface area contributed by atoms with Crippen LogP contribution in [-0.2, 0) is 0 Å². The van der Waals surface area contributed by atoms with Crippen LogP contribution < -0.4 is 10.1 Å². The Bertz CT molecular complexity index is 338. The molecule has 0 saturated carbocycles. The Labute approximate surface area is 80.9 Å². The summed E-state index contributed by atoms with van der Waals surface area (Å²) in [4.78, 5) is 10.3. The van der Waals surface area contributed by atoms with Crippen LogP contribution in [0.5, 0.6) is 11.5 Å². The van der Waals surface area contributed by atoms with E-state index in [9.17, 15) is 9.90 Å². The third kappa shape index (κ3) is 2.55. The molecule has 5 nitrogen and oxygen atoms in total. The summed E-state index contributed by atoms with van der Waals surface area (Å²) in [6.07, 6.45) is -1.15. The lowest BCUT2D eigenvalue weighted by atomic mass is 10.3. The third-order valence-corrected chi connectivity index (χ3v) is 1.51. The average Bonchev–Trinajstić information content (AvgIpc) is 2.10. The number of anilines is 1. The average molecular weight is 197 g/mol. The van der Waals surface area contributed by atoms with E-state index in [-0.39, 0.29) is 11.5 Å². The summed E-state index contributed by atoms with van der Waals surface area (Å²) in [5.41, 5.74) is 0.360. The van der Waals surface area contributed by atoms with Gasteiger partial charge in [-0.3, -0.25) is 5.32 Å². The number of phenols is 1. The number of aromatic hydroxyl groups is 1. The van der Waals surface area contributed by atoms with Crippen LogP contribution >= 0.6 is 0 Å². The van der Waals surface area contributed by atoms with Gasteiger partial charge in [0.2, 0.25) is 0 Å². The number of rotatable bonds is 3. The van der Waals surface area contributed by atoms with Gasteiger partial charge in [-0.2, -0.15) is 0 Å². The number of ether oxygens (including phenoxy) is 1. The highest BCUT2D eigenvalue weighted by atomic mass is 16.5. The van der Waals surface area contributed by atoms with Gasteiger partial charge in [0.1, 0.15) is 0 Å². The Balaban J connectivity index is 2.88. The van der Waals surface area contributed by atoms with E-state index in [1.807, 2.05) is 0 Å². The Kier molecular flexibility index (Phi) is 3.17. The van der Waals surface area contributed by atoms with Crippen molar-refractivity contribution >= 4 is 11.8 Å². The van der Waals surface area contributed by atoms with Crippen LogP contribution in [-0.4, -0.2) is 22.9 Å². The van der Waals surface area contributed by atoms with E-state index in [2.05, 4.69) is 5.32 Å². The molecule has 1 aromatic carbocycles. The zero-order valence-corrected chi connectivity index (χ0v) is 7.65. The topological polar surface area (TPSA) is 78.8 Å². The predicted octanol–water partition coefficient (Wildman–Crippen LogP) is 1.88. The molecule has 0 saturated heterocycles. The smallest absolute Gasteiger partial charge is 0.409 e. The van der Waals surface area contributed by atoms with Crippen molar-refractivity contribution in [3.05, 3.63) is 18.2 Å². The van der Waals surface area contributed by atoms with Crippen LogP contribution in [0.1, 0.15) is 6.92 Å². The largest absolute Gasteiger partial charge is 0.504 e. The number of carboxylic acid groups (broad SMARTS) is 1. The second-order valence-electron chi connectivity index (χ2n) is 2.55. The molecule has 0 aliphatic carbocycles. The molecule has 14 heavy (non-hydrogen) atoms. The first-order valence-electron chi connectivity index (χ1n) is 4.09. The van der Waals surface area contributed by atoms with Gasteiger partial charge >= 0.3 is 6.09 Å². The SMILES string of the molecule is CCOc1cc(NC(=O)O)ccc1O. The molecular formula is C9H11NO4. The summed E-state index contributed by atoms with van der Waals surface area (Å²) in [7, 11) is 0. The van der Waals surface area contributed by atoms with Crippen LogP contribution in [0.2, 0.25) is 0 Å². The normalized spacial score (nSPS) is 9.50. The molecule has 0 aliphatic heterocycles. The van der Waals surface area contributed by atoms with Crippen LogP contribution in [0.25, 0.3) is 0 Å². The molecule has 0 fully saturated rings. The molecular weight excluding hydrogens is 186 g/mol. The standard InChI is InChI=1S/C9H11NO4/c1-2-14-8-5-6(10-9(12)13)3-4-7(8)11/h3-5,10-11H,2H2,1H3,(H,12,13). The van der Waals surface area contributed by atoms with Crippen molar-refractivity contribution in [3.8, 4) is 11.5 Å². The molecule has 1 amide bonds. The first-order chi connectivity index (χ1) is 6.63. The van der Waals surface area contributed by atoms with Crippen LogP contribution in [0.3, 0.4) is 0 Å². The molecule has 1 rings (SSSR count). The lowest BCUT2D eigenvalue weighted by molar-refractivity contribution is 0.209. The van der Waals surface area contributed by atoms with Gasteiger partial charge in [0.15, 0.2) is 11.5 Å². The maximum absolute atomic E-state index is 10.3. The minimum Gasteiger partial charge on any atom is -0.504 e. The highest BCUT2D eigenvalue weighted by Gasteiger charge is 2.04. The van der Waals surface area contributed by atoms with Crippen molar-refractivity contribution in [1.82, 2.24) is 0 Å². The maximum atomic E-state index is 10.3. The number of carbonyl (C=O) groups is 1. The summed E-state index contributed by atoms with van der Waals surface area (Å²) in [6, 6.07) is 4.25. The Morgan fingerprint density at radius 2 is 2.29 bits per heavy atom. The molecule has 5 heteroatoms. The highest BCUT2D eigenvalue weighted by Crippen LogP contribution is 2.28. The summed E-state index contributed by atoms with van der Waals surface area (Å²) in [5.74, 6) is 0.251. The highest BCUT2D eigenvalue weighted by molar-refractivity contribution is 5.83. The van der Waals surface area contributed by atoms with Gasteiger partial charge in [-0.1, -0.05) is 0 Å². The zero-order valence-electron chi connectivity index (χ0n) is 7.65. The number of hydrogen-bond acceptors (Lipinski definition) is 3. The van der Waals surface area contributed by atoms with Gasteiger partial charge in [0.05, 0.1) is 6.61 Å². The molecule has 0 atom stereocenters. The fourth-order valence-corrected chi connectivity index (χ4v) is 0.986. The first kappa shape index (κ1) is 10.2. The van der Waals surface area contributed by atoms with Gasteiger partial charge in [-0.15, -0.1) is 0 Å². The molecule has 0 bridgehead atoms. The van der Waals surface area contributed by atoms with Gasteiger partial charge in [0, 0.05) is 11.8 Å². The van der Waals surface area contributed by atoms with Crippen molar-refractivity contribution in [1.29, 1.82) is 0 Å². The van der Waals surface area contributed by atoms with Crippen molar-refractivity contribution in [3.63, 3.8) is 0 Å². The number of phenolic OH excluding ortho intramolecular Hbond substituents is 1. The van der Waals surface area contributed by atoms with Crippen molar-refractivity contribution in [2.24, 2.45) is 0 Å².